The molecule has 20 heavy (non-hydrogen) atoms. The lowest BCUT2D eigenvalue weighted by Gasteiger charge is -2.20. The molecule has 1 N–H and O–H groups in total. The zero-order valence-electron chi connectivity index (χ0n) is 12.3. The molecular weight excluding hydrogens is 256 g/mol. The molecule has 0 aromatic carbocycles. The number of hydrogen-bond acceptors (Lipinski definition) is 5. The fraction of sp³-hybridized carbons (Fsp3) is 0.357. The lowest BCUT2D eigenvalue weighted by molar-refractivity contribution is 0.0636. The molecule has 0 radical (unpaired) electrons. The third-order valence-electron chi connectivity index (χ3n) is 2.07. The van der Waals surface area contributed by atoms with E-state index in [1.807, 2.05) is 20.8 Å². The molecule has 0 saturated heterocycles. The van der Waals surface area contributed by atoms with E-state index in [2.05, 4.69) is 22.0 Å². The topological polar surface area (TPSA) is 66.8 Å². The fourth-order valence-corrected chi connectivity index (χ4v) is 1.30. The minimum absolute atomic E-state index is 0.508. The quantitative estimate of drug-likeness (QED) is 0.678. The van der Waals surface area contributed by atoms with Crippen LogP contribution in [0, 0.1) is 0 Å². The highest BCUT2D eigenvalue weighted by molar-refractivity contribution is 5.85. The maximum atomic E-state index is 11.7. The number of carbonyl (C=O) groups is 1. The second-order valence-corrected chi connectivity index (χ2v) is 5.05. The van der Waals surface area contributed by atoms with Crippen LogP contribution in [0.2, 0.25) is 0 Å². The molecule has 0 atom stereocenters. The van der Waals surface area contributed by atoms with Crippen molar-refractivity contribution in [3.63, 3.8) is 0 Å². The zero-order chi connectivity index (χ0) is 15.2. The number of hydrogen-bond donors (Lipinski definition) is 1. The Bertz CT molecular complexity index is 506. The van der Waals surface area contributed by atoms with E-state index in [0.29, 0.717) is 11.5 Å². The van der Waals surface area contributed by atoms with Crippen molar-refractivity contribution >= 4 is 23.8 Å². The zero-order valence-corrected chi connectivity index (χ0v) is 12.3. The Labute approximate surface area is 119 Å². The normalized spacial score (nSPS) is 11.2. The lowest BCUT2D eigenvalue weighted by atomic mass is 10.2. The van der Waals surface area contributed by atoms with Crippen LogP contribution in [0.25, 0.3) is 0 Å². The first-order valence-corrected chi connectivity index (χ1v) is 6.16. The van der Waals surface area contributed by atoms with Gasteiger partial charge in [-0.25, -0.2) is 9.78 Å². The van der Waals surface area contributed by atoms with Crippen LogP contribution in [0.15, 0.2) is 36.1 Å². The van der Waals surface area contributed by atoms with Crippen molar-refractivity contribution in [2.45, 2.75) is 26.4 Å². The molecule has 0 saturated carbocycles. The number of amides is 1. The first kappa shape index (κ1) is 15.7. The second-order valence-electron chi connectivity index (χ2n) is 5.05. The van der Waals surface area contributed by atoms with E-state index in [-0.39, 0.29) is 0 Å². The predicted molar refractivity (Wildman–Crippen MR) is 81.2 cm³/mol. The van der Waals surface area contributed by atoms with Gasteiger partial charge in [-0.2, -0.15) is 5.10 Å². The van der Waals surface area contributed by atoms with Gasteiger partial charge in [0, 0.05) is 31.2 Å². The summed E-state index contributed by atoms with van der Waals surface area (Å²) in [6.07, 6.45) is 4.20. The molecule has 0 bridgehead atoms. The van der Waals surface area contributed by atoms with Gasteiger partial charge in [0.2, 0.25) is 0 Å². The number of nitrogens with one attached hydrogen (secondary N) is 1. The Morgan fingerprint density at radius 2 is 2.25 bits per heavy atom. The summed E-state index contributed by atoms with van der Waals surface area (Å²) in [4.78, 5) is 15.8. The summed E-state index contributed by atoms with van der Waals surface area (Å²) in [5.74, 6) is 0.594. The third kappa shape index (κ3) is 5.51. The van der Waals surface area contributed by atoms with Crippen LogP contribution in [-0.2, 0) is 4.74 Å². The highest BCUT2D eigenvalue weighted by Gasteiger charge is 2.16. The molecule has 0 fully saturated rings. The molecule has 0 aliphatic heterocycles. The number of allylic oxidation sites excluding steroid dienone is 1. The molecular formula is C14H20N4O2. The van der Waals surface area contributed by atoms with Crippen molar-refractivity contribution in [2.75, 3.05) is 17.4 Å². The maximum absolute atomic E-state index is 11.7. The van der Waals surface area contributed by atoms with Crippen LogP contribution in [0.5, 0.6) is 0 Å². The minimum Gasteiger partial charge on any atom is -0.444 e. The molecule has 1 amide bonds. The number of anilines is 2. The first-order valence-electron chi connectivity index (χ1n) is 6.16. The van der Waals surface area contributed by atoms with Gasteiger partial charge in [0.25, 0.3) is 0 Å². The van der Waals surface area contributed by atoms with Crippen LogP contribution in [0.3, 0.4) is 0 Å². The molecule has 1 aromatic heterocycles. The molecule has 0 unspecified atom stereocenters. The monoisotopic (exact) mass is 276 g/mol. The Morgan fingerprint density at radius 3 is 2.85 bits per heavy atom. The van der Waals surface area contributed by atoms with Crippen molar-refractivity contribution in [1.82, 2.24) is 4.98 Å². The number of carbonyl (C=O) groups excluding carboxylic acids is 1. The van der Waals surface area contributed by atoms with Crippen LogP contribution in [0.4, 0.5) is 16.3 Å². The summed E-state index contributed by atoms with van der Waals surface area (Å²) >= 11 is 0. The van der Waals surface area contributed by atoms with Crippen molar-refractivity contribution in [1.29, 1.82) is 0 Å². The summed E-state index contributed by atoms with van der Waals surface area (Å²) in [6, 6.07) is 3.38. The van der Waals surface area contributed by atoms with E-state index in [0.717, 1.165) is 0 Å². The summed E-state index contributed by atoms with van der Waals surface area (Å²) < 4.78 is 5.18. The average Bonchev–Trinajstić information content (AvgIpc) is 2.33. The Hall–Kier alpha value is -2.37. The summed E-state index contributed by atoms with van der Waals surface area (Å²) in [5.41, 5.74) is 0.0512. The molecule has 1 rings (SSSR count). The van der Waals surface area contributed by atoms with E-state index >= 15 is 0 Å². The predicted octanol–water partition coefficient (Wildman–Crippen LogP) is 3.04. The van der Waals surface area contributed by atoms with Crippen LogP contribution < -0.4 is 10.3 Å². The SMILES string of the molecule is C=C/C=N\N(C)c1cc(NC(=O)OC(C)(C)C)ccn1. The maximum Gasteiger partial charge on any atom is 0.412 e. The summed E-state index contributed by atoms with van der Waals surface area (Å²) in [7, 11) is 1.75. The molecule has 1 heterocycles. The first-order chi connectivity index (χ1) is 9.31. The molecule has 0 aliphatic rings. The molecule has 108 valence electrons. The Morgan fingerprint density at radius 1 is 1.55 bits per heavy atom. The van der Waals surface area contributed by atoms with Crippen LogP contribution in [0.1, 0.15) is 20.8 Å². The van der Waals surface area contributed by atoms with Gasteiger partial charge in [-0.1, -0.05) is 6.58 Å². The highest BCUT2D eigenvalue weighted by atomic mass is 16.6. The van der Waals surface area contributed by atoms with Gasteiger partial charge in [-0.3, -0.25) is 10.3 Å². The van der Waals surface area contributed by atoms with Gasteiger partial charge in [0.15, 0.2) is 5.82 Å². The highest BCUT2D eigenvalue weighted by Crippen LogP contribution is 2.16. The van der Waals surface area contributed by atoms with Gasteiger partial charge in [0.05, 0.1) is 0 Å². The van der Waals surface area contributed by atoms with Gasteiger partial charge in [0.1, 0.15) is 5.60 Å². The Kier molecular flexibility index (Phi) is 5.25. The van der Waals surface area contributed by atoms with E-state index in [9.17, 15) is 4.79 Å². The number of pyridine rings is 1. The van der Waals surface area contributed by atoms with Gasteiger partial charge >= 0.3 is 6.09 Å². The molecule has 1 aromatic rings. The smallest absolute Gasteiger partial charge is 0.412 e. The summed E-state index contributed by atoms with van der Waals surface area (Å²) in [6.45, 7) is 8.97. The van der Waals surface area contributed by atoms with Crippen LogP contribution >= 0.6 is 0 Å². The van der Waals surface area contributed by atoms with E-state index in [1.165, 1.54) is 0 Å². The van der Waals surface area contributed by atoms with Gasteiger partial charge < -0.3 is 4.74 Å². The van der Waals surface area contributed by atoms with Crippen molar-refractivity contribution < 1.29 is 9.53 Å². The number of hydrazone groups is 1. The summed E-state index contributed by atoms with van der Waals surface area (Å²) in [5, 5.41) is 8.30. The molecule has 0 aliphatic carbocycles. The number of aromatic nitrogens is 1. The second kappa shape index (κ2) is 6.70. The molecule has 6 nitrogen and oxygen atoms in total. The van der Waals surface area contributed by atoms with Crippen molar-refractivity contribution in [2.24, 2.45) is 5.10 Å². The van der Waals surface area contributed by atoms with E-state index < -0.39 is 11.7 Å². The van der Waals surface area contributed by atoms with Crippen molar-refractivity contribution in [3.8, 4) is 0 Å². The largest absolute Gasteiger partial charge is 0.444 e. The van der Waals surface area contributed by atoms with E-state index in [1.54, 1.807) is 42.7 Å². The number of ether oxygens (including phenoxy) is 1. The average molecular weight is 276 g/mol. The standard InChI is InChI=1S/C14H20N4O2/c1-6-8-16-18(5)12-10-11(7-9-15-12)17-13(19)20-14(2,3)4/h6-10H,1H2,2-5H3,(H,15,17,19)/b16-8-. The van der Waals surface area contributed by atoms with Gasteiger partial charge in [-0.15, -0.1) is 0 Å². The van der Waals surface area contributed by atoms with E-state index in [4.69, 9.17) is 4.74 Å². The van der Waals surface area contributed by atoms with Crippen molar-refractivity contribution in [3.05, 3.63) is 31.0 Å². The lowest BCUT2D eigenvalue weighted by Crippen LogP contribution is -2.27. The fourth-order valence-electron chi connectivity index (χ4n) is 1.30. The number of rotatable bonds is 4. The molecule has 0 spiro atoms. The Balaban J connectivity index is 2.75. The van der Waals surface area contributed by atoms with Gasteiger partial charge in [-0.05, 0) is 32.9 Å². The van der Waals surface area contributed by atoms with Crippen LogP contribution in [-0.4, -0.2) is 29.9 Å². The number of nitrogens with zero attached hydrogens (tertiary/aromatic N) is 3. The minimum atomic E-state index is -0.537. The third-order valence-corrected chi connectivity index (χ3v) is 2.07. The molecule has 6 heteroatoms.